The number of hydrogen-bond donors (Lipinski definition) is 0. The van der Waals surface area contributed by atoms with Crippen LogP contribution in [-0.4, -0.2) is 40.2 Å². The van der Waals surface area contributed by atoms with Crippen molar-refractivity contribution < 1.29 is 18.5 Å². The molecule has 0 aliphatic heterocycles. The van der Waals surface area contributed by atoms with E-state index in [1.54, 1.807) is 0 Å². The third kappa shape index (κ3) is 4.55. The first kappa shape index (κ1) is 18.5. The Morgan fingerprint density at radius 2 is 1.17 bits per heavy atom. The molecular formula is C12H31O4PSi. The van der Waals surface area contributed by atoms with Gasteiger partial charge in [-0.05, 0) is 0 Å². The van der Waals surface area contributed by atoms with E-state index in [1.807, 2.05) is 27.7 Å². The second-order valence-electron chi connectivity index (χ2n) is 5.03. The maximum absolute atomic E-state index is 6.13. The van der Waals surface area contributed by atoms with Gasteiger partial charge < -0.3 is 0 Å². The Morgan fingerprint density at radius 3 is 1.39 bits per heavy atom. The van der Waals surface area contributed by atoms with Crippen molar-refractivity contribution in [2.24, 2.45) is 0 Å². The van der Waals surface area contributed by atoms with E-state index in [0.717, 1.165) is 0 Å². The van der Waals surface area contributed by atoms with Gasteiger partial charge in [-0.15, -0.1) is 0 Å². The monoisotopic (exact) mass is 298 g/mol. The van der Waals surface area contributed by atoms with Crippen molar-refractivity contribution in [2.45, 2.75) is 53.4 Å². The summed E-state index contributed by atoms with van der Waals surface area (Å²) in [5, 5.41) is 0. The normalized spacial score (nSPS) is 14.2. The van der Waals surface area contributed by atoms with Crippen molar-refractivity contribution in [3.05, 3.63) is 0 Å². The van der Waals surface area contributed by atoms with Crippen LogP contribution in [0.2, 0.25) is 19.6 Å². The van der Waals surface area contributed by atoms with E-state index < -0.39 is 15.0 Å². The second kappa shape index (κ2) is 8.62. The zero-order valence-corrected chi connectivity index (χ0v) is 15.0. The molecule has 0 aliphatic rings. The molecule has 0 rings (SSSR count). The fourth-order valence-corrected chi connectivity index (χ4v) is 11.6. The van der Waals surface area contributed by atoms with Gasteiger partial charge in [-0.25, -0.2) is 0 Å². The van der Waals surface area contributed by atoms with Crippen LogP contribution in [0.3, 0.4) is 0 Å². The maximum atomic E-state index is 6.13. The summed E-state index contributed by atoms with van der Waals surface area (Å²) in [6.45, 7) is 17.3. The van der Waals surface area contributed by atoms with Crippen LogP contribution >= 0.6 is 7.26 Å². The van der Waals surface area contributed by atoms with E-state index in [2.05, 4.69) is 19.6 Å². The Kier molecular flexibility index (Phi) is 8.85. The minimum absolute atomic E-state index is 0.320. The van der Waals surface area contributed by atoms with Gasteiger partial charge in [-0.3, -0.25) is 0 Å². The van der Waals surface area contributed by atoms with E-state index in [9.17, 15) is 0 Å². The molecule has 0 spiro atoms. The molecule has 0 amide bonds. The molecule has 0 aromatic rings. The van der Waals surface area contributed by atoms with Crippen LogP contribution in [0.15, 0.2) is 0 Å². The first-order chi connectivity index (χ1) is 8.39. The molecule has 0 saturated carbocycles. The molecule has 0 aliphatic carbocycles. The third-order valence-corrected chi connectivity index (χ3v) is 15.0. The summed E-state index contributed by atoms with van der Waals surface area (Å²) in [7, 11) is -4.15. The van der Waals surface area contributed by atoms with Gasteiger partial charge in [0.25, 0.3) is 0 Å². The summed E-state index contributed by atoms with van der Waals surface area (Å²) < 4.78 is 23.9. The summed E-state index contributed by atoms with van der Waals surface area (Å²) in [5.74, 6) is 0. The van der Waals surface area contributed by atoms with Crippen LogP contribution in [0.5, 0.6) is 0 Å². The molecule has 18 heavy (non-hydrogen) atoms. The molecule has 0 saturated heterocycles. The van der Waals surface area contributed by atoms with Crippen molar-refractivity contribution in [3.8, 4) is 0 Å². The van der Waals surface area contributed by atoms with E-state index in [4.69, 9.17) is 18.5 Å². The molecule has 0 fully saturated rings. The molecular weight excluding hydrogens is 267 g/mol. The molecule has 0 atom stereocenters. The Balaban J connectivity index is 5.32. The van der Waals surface area contributed by atoms with Crippen molar-refractivity contribution in [3.63, 3.8) is 0 Å². The van der Waals surface area contributed by atoms with Crippen LogP contribution in [0.25, 0.3) is 0 Å². The average molecular weight is 298 g/mol. The van der Waals surface area contributed by atoms with E-state index in [-0.39, 0.29) is 6.03 Å². The van der Waals surface area contributed by atoms with Gasteiger partial charge >= 0.3 is 113 Å². The quantitative estimate of drug-likeness (QED) is 0.349. The fourth-order valence-electron chi connectivity index (χ4n) is 1.96. The van der Waals surface area contributed by atoms with Crippen molar-refractivity contribution >= 4 is 15.0 Å². The molecule has 0 aromatic carbocycles. The van der Waals surface area contributed by atoms with Crippen LogP contribution in [0.4, 0.5) is 0 Å². The molecule has 4 nitrogen and oxygen atoms in total. The zero-order valence-electron chi connectivity index (χ0n) is 13.0. The predicted octanol–water partition coefficient (Wildman–Crippen LogP) is 3.83. The number of ether oxygens (including phenoxy) is 2. The number of rotatable bonds is 10. The van der Waals surface area contributed by atoms with E-state index in [1.165, 1.54) is 0 Å². The van der Waals surface area contributed by atoms with Crippen molar-refractivity contribution in [2.75, 3.05) is 26.4 Å². The van der Waals surface area contributed by atoms with E-state index in [0.29, 0.717) is 26.4 Å². The Morgan fingerprint density at radius 1 is 0.778 bits per heavy atom. The topological polar surface area (TPSA) is 36.9 Å². The summed E-state index contributed by atoms with van der Waals surface area (Å²) in [5.41, 5.74) is 0. The summed E-state index contributed by atoms with van der Waals surface area (Å²) in [4.78, 5) is 0. The van der Waals surface area contributed by atoms with Gasteiger partial charge in [0, 0.05) is 0 Å². The molecule has 6 heteroatoms. The summed E-state index contributed by atoms with van der Waals surface area (Å²) in [6.07, 6.45) is 0. The minimum atomic E-state index is -2.47. The zero-order chi connectivity index (χ0) is 14.2. The van der Waals surface area contributed by atoms with Crippen LogP contribution in [0.1, 0.15) is 27.7 Å². The Bertz CT molecular complexity index is 209. The molecule has 0 bridgehead atoms. The van der Waals surface area contributed by atoms with Crippen LogP contribution in [0, 0.1) is 0 Å². The SMILES string of the molecule is CCOC(OCC)[PH](OCC)(OCC)[Si](C)(C)C. The van der Waals surface area contributed by atoms with Gasteiger partial charge in [0.15, 0.2) is 0 Å². The average Bonchev–Trinajstić information content (AvgIpc) is 2.27. The predicted molar refractivity (Wildman–Crippen MR) is 82.0 cm³/mol. The molecule has 0 aromatic heterocycles. The molecule has 0 radical (unpaired) electrons. The van der Waals surface area contributed by atoms with Crippen molar-refractivity contribution in [1.29, 1.82) is 0 Å². The van der Waals surface area contributed by atoms with Gasteiger partial charge in [-0.1, -0.05) is 0 Å². The fraction of sp³-hybridized carbons (Fsp3) is 1.00. The van der Waals surface area contributed by atoms with Gasteiger partial charge in [0.2, 0.25) is 0 Å². The summed E-state index contributed by atoms with van der Waals surface area (Å²) >= 11 is 0. The third-order valence-electron chi connectivity index (χ3n) is 2.71. The second-order valence-corrected chi connectivity index (χ2v) is 18.5. The number of hydrogen-bond acceptors (Lipinski definition) is 4. The van der Waals surface area contributed by atoms with Crippen LogP contribution < -0.4 is 0 Å². The first-order valence-electron chi connectivity index (χ1n) is 6.90. The summed E-state index contributed by atoms with van der Waals surface area (Å²) in [6, 6.07) is -0.320. The molecule has 0 N–H and O–H groups in total. The first-order valence-corrected chi connectivity index (χ1v) is 13.3. The van der Waals surface area contributed by atoms with E-state index >= 15 is 0 Å². The molecule has 112 valence electrons. The van der Waals surface area contributed by atoms with Crippen LogP contribution in [-0.2, 0) is 18.5 Å². The molecule has 0 unspecified atom stereocenters. The van der Waals surface area contributed by atoms with Gasteiger partial charge in [-0.2, -0.15) is 0 Å². The molecule has 0 heterocycles. The Hall–Kier alpha value is 0.487. The van der Waals surface area contributed by atoms with Gasteiger partial charge in [0.05, 0.1) is 0 Å². The Labute approximate surface area is 114 Å². The van der Waals surface area contributed by atoms with Crippen molar-refractivity contribution in [1.82, 2.24) is 0 Å². The standard InChI is InChI=1S/C12H31O4PSi/c1-8-13-12(14-9-2)17(15-10-3,16-11-4)18(5,6)7/h12,17H,8-11H2,1-7H3. The van der Waals surface area contributed by atoms with Gasteiger partial charge in [0.1, 0.15) is 0 Å².